The first kappa shape index (κ1) is 80.6. The highest BCUT2D eigenvalue weighted by molar-refractivity contribution is 5.91. The minimum Gasteiger partial charge on any atom is -0.397 e. The van der Waals surface area contributed by atoms with Crippen LogP contribution in [0.15, 0.2) is 93.0 Å². The predicted octanol–water partition coefficient (Wildman–Crippen LogP) is 1.51. The Hall–Kier alpha value is -9.23. The number of amides is 1. The van der Waals surface area contributed by atoms with Gasteiger partial charge in [0.2, 0.25) is 0 Å². The molecule has 1 aliphatic carbocycles. The number of imidazole rings is 5. The van der Waals surface area contributed by atoms with Crippen molar-refractivity contribution in [3.63, 3.8) is 0 Å². The van der Waals surface area contributed by atoms with Crippen molar-refractivity contribution in [1.82, 2.24) is 82.6 Å². The molecule has 6 unspecified atom stereocenters. The number of hydroxylamine groups is 2. The van der Waals surface area contributed by atoms with Crippen LogP contribution in [0.3, 0.4) is 0 Å². The number of hydrogen-bond donors (Lipinski definition) is 6. The largest absolute Gasteiger partial charge is 0.397 e. The van der Waals surface area contributed by atoms with Gasteiger partial charge in [0.25, 0.3) is 5.91 Å². The zero-order valence-corrected chi connectivity index (χ0v) is 66.3. The number of anilines is 5. The number of nitrogens with two attached hydrogens (primary N) is 5. The second-order valence-corrected chi connectivity index (χ2v) is 30.1. The summed E-state index contributed by atoms with van der Waals surface area (Å²) >= 11 is 0. The fraction of sp³-hybridized carbons (Fsp3) is 0.581. The molecule has 10 fully saturated rings. The normalized spacial score (nSPS) is 33.5. The van der Waals surface area contributed by atoms with E-state index < -0.39 is 59.4 Å². The molecule has 624 valence electrons. The van der Waals surface area contributed by atoms with Gasteiger partial charge in [0, 0.05) is 116 Å². The molecule has 116 heavy (non-hydrogen) atoms. The third-order valence-electron chi connectivity index (χ3n) is 23.7. The lowest BCUT2D eigenvalue weighted by Crippen LogP contribution is -2.59. The number of carbonyl (C=O) groups is 1. The van der Waals surface area contributed by atoms with E-state index in [2.05, 4.69) is 49.8 Å². The smallest absolute Gasteiger partial charge is 0.260 e. The van der Waals surface area contributed by atoms with E-state index >= 15 is 0 Å². The molecule has 9 saturated heterocycles. The highest BCUT2D eigenvalue weighted by atomic mass is 16.7. The Morgan fingerprint density at radius 2 is 0.897 bits per heavy atom. The standard InChI is InChI=1S/C16H20N4O4.C15H21N5O4.C15H19N5O4.C15H20N4O4.C13H18N4O4/c1-21-7-16-12(22-2)11(23-15(16)4-5-15)14(24-16)20-8-19-10-9(17)3-6-18-13(10)20;1-19-6-15(7-21-2)12(22-3)11(24-19)14(23-15)20-8-18-10-9(16)4-5-17-13(10)20;1-19-10-11(23-3)15(6-22-2,14(19)21)24-13(10)20-7-18-9-8(16)4-5-17-12(9)20;1-8-15(6-20-2)12(21-3)11(22-8)14(23-15)19-7-18-10-9(16)4-5-17-13(10)19;1-19-5-8-11(20-2)10(18)13(21-8)17-6-16-9-7(14)3-4-15-12(9)17/h3,6,8,11-12,14H,4-5,7H2,1-2H3,(H2,17,18);4-5,8,11-12,14H,6-7H2,1-3H3,(H2,16,17);4-5,7,10-11,13H,6H2,1-3H3,(H2,16,17);4-5,7-8,11-12,14H,6H2,1-3H3,(H2,16,17);3-4,6,8,10-11,13,18H,5H2,1-2H3,(H2,14,15)/t11-,12?,14+,16+;11-,12?,14+,15+;10-,11?,13+,15+;8?,11-,12?,14+,15-;8-,10+,11?,13-/m00001/s1. The molecule has 1 amide bonds. The lowest BCUT2D eigenvalue weighted by Gasteiger charge is -2.40. The molecule has 42 nitrogen and oxygen atoms in total. The van der Waals surface area contributed by atoms with Gasteiger partial charge in [-0.1, -0.05) is 0 Å². The molecule has 1 saturated carbocycles. The third-order valence-corrected chi connectivity index (χ3v) is 23.7. The van der Waals surface area contributed by atoms with Crippen LogP contribution in [0.2, 0.25) is 0 Å². The van der Waals surface area contributed by atoms with Crippen molar-refractivity contribution in [3.05, 3.63) is 93.0 Å². The summed E-state index contributed by atoms with van der Waals surface area (Å²) in [5.41, 5.74) is 35.6. The molecule has 19 heterocycles. The molecule has 0 radical (unpaired) electrons. The highest BCUT2D eigenvalue weighted by Gasteiger charge is 2.79. The predicted molar refractivity (Wildman–Crippen MR) is 410 cm³/mol. The average molecular weight is 1620 g/mol. The van der Waals surface area contributed by atoms with Gasteiger partial charge in [-0.2, -0.15) is 5.06 Å². The Labute approximate surface area is 664 Å². The Balaban J connectivity index is 0.000000109. The minimum absolute atomic E-state index is 0.115. The van der Waals surface area contributed by atoms with Crippen LogP contribution >= 0.6 is 0 Å². The summed E-state index contributed by atoms with van der Waals surface area (Å²) in [5.74, 6) is -0.144. The number of rotatable bonds is 20. The number of carbonyl (C=O) groups excluding carboxylic acids is 1. The lowest BCUT2D eigenvalue weighted by molar-refractivity contribution is -0.262. The van der Waals surface area contributed by atoms with Crippen LogP contribution in [0.1, 0.15) is 50.9 Å². The monoisotopic (exact) mass is 1610 g/mol. The Morgan fingerprint density at radius 1 is 0.457 bits per heavy atom. The van der Waals surface area contributed by atoms with Crippen molar-refractivity contribution in [1.29, 1.82) is 0 Å². The van der Waals surface area contributed by atoms with Gasteiger partial charge in [0.05, 0.1) is 106 Å². The first-order valence-corrected chi connectivity index (χ1v) is 37.6. The maximum Gasteiger partial charge on any atom is 0.260 e. The van der Waals surface area contributed by atoms with Crippen LogP contribution in [0, 0.1) is 0 Å². The molecule has 10 aliphatic rings. The fourth-order valence-corrected chi connectivity index (χ4v) is 18.5. The highest BCUT2D eigenvalue weighted by Crippen LogP contribution is 2.65. The molecule has 9 aliphatic heterocycles. The number of aromatic nitrogens is 15. The van der Waals surface area contributed by atoms with E-state index in [0.717, 1.165) is 12.8 Å². The number of aliphatic hydroxyl groups excluding tert-OH is 1. The zero-order valence-electron chi connectivity index (χ0n) is 66.3. The second-order valence-electron chi connectivity index (χ2n) is 30.1. The first-order valence-electron chi connectivity index (χ1n) is 37.6. The quantitative estimate of drug-likeness (QED) is 0.0630. The number of aliphatic hydroxyl groups is 1. The summed E-state index contributed by atoms with van der Waals surface area (Å²) < 4.78 is 108. The van der Waals surface area contributed by atoms with E-state index in [1.807, 2.05) is 27.7 Å². The van der Waals surface area contributed by atoms with E-state index in [1.54, 1.807) is 176 Å². The van der Waals surface area contributed by atoms with Crippen LogP contribution in [0.25, 0.3) is 55.8 Å². The van der Waals surface area contributed by atoms with Crippen LogP contribution in [-0.4, -0.2) is 320 Å². The van der Waals surface area contributed by atoms with Gasteiger partial charge in [-0.3, -0.25) is 32.5 Å². The molecule has 8 bridgehead atoms. The summed E-state index contributed by atoms with van der Waals surface area (Å²) in [6.45, 7) is 4.17. The number of hydrogen-bond acceptors (Lipinski definition) is 36. The molecule has 20 rings (SSSR count). The second kappa shape index (κ2) is 31.6. The number of pyridine rings is 5. The number of nitrogen functional groups attached to an aromatic ring is 5. The van der Waals surface area contributed by atoms with E-state index in [4.69, 9.17) is 114 Å². The molecule has 10 aromatic heterocycles. The number of likely N-dealkylation sites (tertiary alicyclic amines) is 1. The molecule has 42 heteroatoms. The molecular weight excluding hydrogens is 1520 g/mol. The topological polar surface area (TPSA) is 494 Å². The van der Waals surface area contributed by atoms with Crippen molar-refractivity contribution in [2.45, 2.75) is 152 Å². The molecule has 21 atom stereocenters. The van der Waals surface area contributed by atoms with Gasteiger partial charge in [-0.05, 0) is 50.1 Å². The van der Waals surface area contributed by atoms with E-state index in [0.29, 0.717) is 117 Å². The third kappa shape index (κ3) is 12.6. The average Bonchev–Trinajstić information content (AvgIpc) is 1.50. The molecule has 10 aromatic rings. The number of fused-ring (bicyclic) bond motifs is 14. The van der Waals surface area contributed by atoms with Gasteiger partial charge in [0.15, 0.2) is 76.7 Å². The summed E-state index contributed by atoms with van der Waals surface area (Å²) in [6, 6.07) is 8.25. The van der Waals surface area contributed by atoms with Crippen LogP contribution in [0.5, 0.6) is 0 Å². The van der Waals surface area contributed by atoms with Crippen LogP contribution < -0.4 is 28.7 Å². The van der Waals surface area contributed by atoms with Gasteiger partial charge in [0.1, 0.15) is 105 Å². The number of morpholine rings is 1. The number of likely N-dealkylation sites (N-methyl/N-ethyl adjacent to an activating group) is 2. The summed E-state index contributed by atoms with van der Waals surface area (Å²) in [7, 11) is 19.8. The summed E-state index contributed by atoms with van der Waals surface area (Å²) in [6.07, 6.45) is 12.3. The van der Waals surface area contributed by atoms with Gasteiger partial charge < -0.3 is 119 Å². The SMILES string of the molecule is COC[C@@]12O[C@@H](n3cnc4c(N)ccnc43)[C@H](C1OC)N(C)C2=O.COC[C@H]1O[C@@H](n2cnc3c(N)ccnc32)[C@@H](O)C1OC.COC[C@]12CN(C)O[C@@H](C1OC)[C@H](n1cnc3c(N)ccnc31)O2.COC[C@]12O[C@@H](n3cnc4c(N)ccnc43)[C@@H](OC13CC3)C2OC.COC[C@]12O[C@@H](n3cnc4c(N)ccnc43)[C@@H](OC1C)C2OC. The van der Waals surface area contributed by atoms with Gasteiger partial charge >= 0.3 is 0 Å². The molecule has 1 spiro atoms. The zero-order chi connectivity index (χ0) is 81.7. The Kier molecular flexibility index (Phi) is 21.9. The Bertz CT molecular complexity index is 5190. The summed E-state index contributed by atoms with van der Waals surface area (Å²) in [5, 5.41) is 12.2. The number of nitrogens with zero attached hydrogens (tertiary/aromatic N) is 17. The summed E-state index contributed by atoms with van der Waals surface area (Å²) in [4.78, 5) is 63.8. The van der Waals surface area contributed by atoms with E-state index in [9.17, 15) is 9.90 Å². The first-order chi connectivity index (χ1) is 56.1. The van der Waals surface area contributed by atoms with Crippen molar-refractivity contribution < 1.29 is 95.3 Å². The van der Waals surface area contributed by atoms with Gasteiger partial charge in [-0.15, -0.1) is 0 Å². The fourth-order valence-electron chi connectivity index (χ4n) is 18.5. The van der Waals surface area contributed by atoms with Crippen molar-refractivity contribution in [2.75, 3.05) is 153 Å². The Morgan fingerprint density at radius 3 is 1.33 bits per heavy atom. The number of methoxy groups -OCH3 is 10. The number of ether oxygens (including phenoxy) is 17. The van der Waals surface area contributed by atoms with Crippen LogP contribution in [0.4, 0.5) is 28.4 Å². The maximum atomic E-state index is 12.7. The van der Waals surface area contributed by atoms with E-state index in [1.165, 1.54) is 14.2 Å². The maximum absolute atomic E-state index is 12.7. The van der Waals surface area contributed by atoms with Gasteiger partial charge in [-0.25, -0.2) is 49.8 Å². The molecule has 0 aromatic carbocycles. The molecular formula is C74H98N22O20. The van der Waals surface area contributed by atoms with Crippen molar-refractivity contribution >= 4 is 90.2 Å². The molecule has 11 N–H and O–H groups in total. The van der Waals surface area contributed by atoms with Crippen molar-refractivity contribution in [3.8, 4) is 0 Å². The minimum atomic E-state index is -1.16. The van der Waals surface area contributed by atoms with Crippen molar-refractivity contribution in [2.24, 2.45) is 0 Å². The van der Waals surface area contributed by atoms with Crippen LogP contribution in [-0.2, 0) is 90.2 Å². The van der Waals surface area contributed by atoms with E-state index in [-0.39, 0.29) is 85.4 Å². The lowest BCUT2D eigenvalue weighted by atomic mass is 9.91.